The number of alkyl halides is 4. The van der Waals surface area contributed by atoms with Gasteiger partial charge in [-0.1, -0.05) is 35.9 Å². The topological polar surface area (TPSA) is 12.0 Å². The third-order valence-electron chi connectivity index (χ3n) is 3.02. The Bertz CT molecular complexity index is 610. The molecule has 7 heteroatoms. The van der Waals surface area contributed by atoms with E-state index in [0.717, 1.165) is 24.3 Å². The quantitative estimate of drug-likeness (QED) is 0.561. The van der Waals surface area contributed by atoms with E-state index in [1.54, 1.807) is 0 Å². The number of nitrogens with one attached hydrogen (secondary N) is 1. The van der Waals surface area contributed by atoms with Crippen molar-refractivity contribution in [2.24, 2.45) is 0 Å². The zero-order valence-corrected chi connectivity index (χ0v) is 11.9. The maximum atomic E-state index is 14.9. The van der Waals surface area contributed by atoms with Gasteiger partial charge in [-0.3, -0.25) is 4.84 Å². The number of rotatable bonds is 3. The van der Waals surface area contributed by atoms with E-state index in [0.29, 0.717) is 5.69 Å². The first-order chi connectivity index (χ1) is 9.79. The summed E-state index contributed by atoms with van der Waals surface area (Å²) in [4.78, 5) is 2.24. The lowest BCUT2D eigenvalue weighted by Crippen LogP contribution is -2.39. The third kappa shape index (κ3) is 2.94. The summed E-state index contributed by atoms with van der Waals surface area (Å²) in [6.45, 7) is 0. The molecular formula is C14H9Cl2F4N. The molecule has 1 atom stereocenters. The molecule has 0 aliphatic carbocycles. The molecule has 1 nitrogen and oxygen atoms in total. The van der Waals surface area contributed by atoms with Crippen LogP contribution in [-0.2, 0) is 5.67 Å². The van der Waals surface area contributed by atoms with Crippen molar-refractivity contribution in [2.45, 2.75) is 11.8 Å². The molecule has 0 bridgehead atoms. The maximum absolute atomic E-state index is 14.9. The smallest absolute Gasteiger partial charge is 0.299 e. The molecule has 0 saturated heterocycles. The Labute approximate surface area is 128 Å². The van der Waals surface area contributed by atoms with Gasteiger partial charge in [-0.15, -0.1) is 0 Å². The Morgan fingerprint density at radius 3 is 1.57 bits per heavy atom. The van der Waals surface area contributed by atoms with E-state index >= 15 is 0 Å². The van der Waals surface area contributed by atoms with Gasteiger partial charge in [0.05, 0.1) is 0 Å². The Hall–Kier alpha value is -1.46. The minimum absolute atomic E-state index is 0.227. The normalized spacial score (nSPS) is 14.6. The van der Waals surface area contributed by atoms with E-state index in [1.807, 2.05) is 0 Å². The zero-order chi connectivity index (χ0) is 15.7. The largest absolute Gasteiger partial charge is 0.431 e. The number of benzene rings is 2. The zero-order valence-electron chi connectivity index (χ0n) is 10.4. The van der Waals surface area contributed by atoms with Crippen molar-refractivity contribution in [3.05, 3.63) is 64.7 Å². The van der Waals surface area contributed by atoms with Crippen LogP contribution in [0, 0.1) is 0 Å². The van der Waals surface area contributed by atoms with Crippen molar-refractivity contribution < 1.29 is 17.6 Å². The second-order valence-corrected chi connectivity index (χ2v) is 4.96. The lowest BCUT2D eigenvalue weighted by molar-refractivity contribution is -0.219. The standard InChI is InChI=1S/C14H9Cl2F4N/c15-11-5-1-9(2-6-11)13(17,14(18,19)20)10-3-7-12(21-16)8-4-10/h1-8,21H. The van der Waals surface area contributed by atoms with E-state index in [-0.39, 0.29) is 5.02 Å². The first-order valence-corrected chi connectivity index (χ1v) is 6.53. The Kier molecular flexibility index (Phi) is 4.35. The van der Waals surface area contributed by atoms with Crippen LogP contribution in [0.1, 0.15) is 11.1 Å². The van der Waals surface area contributed by atoms with Crippen molar-refractivity contribution >= 4 is 29.1 Å². The SMILES string of the molecule is FC(F)(F)C(F)(c1ccc(Cl)cc1)c1ccc(NCl)cc1. The average Bonchev–Trinajstić information content (AvgIpc) is 2.46. The van der Waals surface area contributed by atoms with Crippen LogP contribution in [0.15, 0.2) is 48.5 Å². The molecule has 0 aliphatic heterocycles. The second-order valence-electron chi connectivity index (χ2n) is 4.33. The second kappa shape index (κ2) is 5.73. The first kappa shape index (κ1) is 15.9. The van der Waals surface area contributed by atoms with Gasteiger partial charge >= 0.3 is 6.18 Å². The van der Waals surface area contributed by atoms with Crippen LogP contribution < -0.4 is 4.84 Å². The van der Waals surface area contributed by atoms with Crippen LogP contribution in [-0.4, -0.2) is 6.18 Å². The fourth-order valence-electron chi connectivity index (χ4n) is 1.94. The molecule has 0 aliphatic rings. The molecule has 2 rings (SSSR count). The van der Waals surface area contributed by atoms with Gasteiger partial charge in [0.25, 0.3) is 5.67 Å². The summed E-state index contributed by atoms with van der Waals surface area (Å²) in [6, 6.07) is 9.06. The molecule has 0 heterocycles. The summed E-state index contributed by atoms with van der Waals surface area (Å²) in [5, 5.41) is 0.227. The summed E-state index contributed by atoms with van der Waals surface area (Å²) < 4.78 is 54.8. The minimum Gasteiger partial charge on any atom is -0.299 e. The highest BCUT2D eigenvalue weighted by molar-refractivity contribution is 6.30. The lowest BCUT2D eigenvalue weighted by Gasteiger charge is -2.29. The minimum atomic E-state index is -5.11. The predicted molar refractivity (Wildman–Crippen MR) is 75.3 cm³/mol. The van der Waals surface area contributed by atoms with Crippen molar-refractivity contribution in [1.82, 2.24) is 0 Å². The van der Waals surface area contributed by atoms with Crippen LogP contribution in [0.25, 0.3) is 0 Å². The number of anilines is 1. The molecule has 0 amide bonds. The summed E-state index contributed by atoms with van der Waals surface area (Å²) in [5.74, 6) is 0. The van der Waals surface area contributed by atoms with Crippen LogP contribution >= 0.6 is 23.4 Å². The van der Waals surface area contributed by atoms with Crippen LogP contribution in [0.2, 0.25) is 5.02 Å². The van der Waals surface area contributed by atoms with E-state index < -0.39 is 23.0 Å². The predicted octanol–water partition coefficient (Wildman–Crippen LogP) is 5.68. The molecule has 2 aromatic rings. The van der Waals surface area contributed by atoms with Crippen LogP contribution in [0.5, 0.6) is 0 Å². The van der Waals surface area contributed by atoms with Gasteiger partial charge in [0.15, 0.2) is 0 Å². The van der Waals surface area contributed by atoms with E-state index in [1.165, 1.54) is 24.3 Å². The van der Waals surface area contributed by atoms with Gasteiger partial charge < -0.3 is 0 Å². The van der Waals surface area contributed by atoms with E-state index in [9.17, 15) is 17.6 Å². The average molecular weight is 338 g/mol. The monoisotopic (exact) mass is 337 g/mol. The van der Waals surface area contributed by atoms with Crippen molar-refractivity contribution in [2.75, 3.05) is 4.84 Å². The Morgan fingerprint density at radius 2 is 1.19 bits per heavy atom. The number of hydrogen-bond acceptors (Lipinski definition) is 1. The van der Waals surface area contributed by atoms with Gasteiger partial charge in [-0.05, 0) is 24.3 Å². The molecule has 1 N–H and O–H groups in total. The van der Waals surface area contributed by atoms with Crippen LogP contribution in [0.3, 0.4) is 0 Å². The molecule has 1 unspecified atom stereocenters. The van der Waals surface area contributed by atoms with Crippen molar-refractivity contribution in [3.8, 4) is 0 Å². The fraction of sp³-hybridized carbons (Fsp3) is 0.143. The molecular weight excluding hydrogens is 329 g/mol. The van der Waals surface area contributed by atoms with E-state index in [4.69, 9.17) is 23.4 Å². The van der Waals surface area contributed by atoms with Gasteiger partial charge in [-0.2, -0.15) is 13.2 Å². The molecule has 0 spiro atoms. The Morgan fingerprint density at radius 1 is 0.762 bits per heavy atom. The van der Waals surface area contributed by atoms with Gasteiger partial charge in [0.1, 0.15) is 0 Å². The van der Waals surface area contributed by atoms with Gasteiger partial charge in [0, 0.05) is 33.6 Å². The third-order valence-corrected chi connectivity index (χ3v) is 3.49. The van der Waals surface area contributed by atoms with E-state index in [2.05, 4.69) is 4.84 Å². The summed E-state index contributed by atoms with van der Waals surface area (Å²) in [6.07, 6.45) is -5.11. The molecule has 0 saturated carbocycles. The lowest BCUT2D eigenvalue weighted by atomic mass is 9.87. The molecule has 0 fully saturated rings. The molecule has 112 valence electrons. The Balaban J connectivity index is 2.58. The molecule has 0 radical (unpaired) electrons. The fourth-order valence-corrected chi connectivity index (χ4v) is 2.19. The maximum Gasteiger partial charge on any atom is 0.431 e. The first-order valence-electron chi connectivity index (χ1n) is 5.78. The van der Waals surface area contributed by atoms with Gasteiger partial charge in [-0.25, -0.2) is 4.39 Å². The molecule has 2 aromatic carbocycles. The van der Waals surface area contributed by atoms with Crippen LogP contribution in [0.4, 0.5) is 23.2 Å². The highest BCUT2D eigenvalue weighted by atomic mass is 35.5. The molecule has 21 heavy (non-hydrogen) atoms. The van der Waals surface area contributed by atoms with Crippen molar-refractivity contribution in [3.63, 3.8) is 0 Å². The summed E-state index contributed by atoms with van der Waals surface area (Å²) >= 11 is 11.0. The van der Waals surface area contributed by atoms with Crippen molar-refractivity contribution in [1.29, 1.82) is 0 Å². The summed E-state index contributed by atoms with van der Waals surface area (Å²) in [5.41, 5.74) is -4.33. The van der Waals surface area contributed by atoms with Gasteiger partial charge in [0.2, 0.25) is 0 Å². The molecule has 0 aromatic heterocycles. The highest BCUT2D eigenvalue weighted by Gasteiger charge is 2.58. The number of halogens is 6. The summed E-state index contributed by atoms with van der Waals surface area (Å²) in [7, 11) is 0. The highest BCUT2D eigenvalue weighted by Crippen LogP contribution is 2.47. The number of hydrogen-bond donors (Lipinski definition) is 1.